The van der Waals surface area contributed by atoms with Crippen LogP contribution in [0.3, 0.4) is 0 Å². The molecule has 90 valence electrons. The molecular weight excluding hydrogens is 320 g/mol. The van der Waals surface area contributed by atoms with Crippen molar-refractivity contribution in [2.45, 2.75) is 0 Å². The van der Waals surface area contributed by atoms with Gasteiger partial charge in [0.2, 0.25) is 5.22 Å². The van der Waals surface area contributed by atoms with E-state index in [1.807, 2.05) is 6.07 Å². The van der Waals surface area contributed by atoms with Crippen molar-refractivity contribution in [3.8, 4) is 6.07 Å². The highest BCUT2D eigenvalue weighted by atomic mass is 79.9. The number of carbonyl (C=O) groups excluding carboxylic acids is 1. The maximum atomic E-state index is 11.9. The van der Waals surface area contributed by atoms with Crippen LogP contribution in [0.4, 0.5) is 5.69 Å². The first-order valence-corrected chi connectivity index (χ1v) is 6.03. The van der Waals surface area contributed by atoms with Gasteiger partial charge in [0.15, 0.2) is 0 Å². The third-order valence-electron chi connectivity index (χ3n) is 2.21. The van der Waals surface area contributed by atoms with Crippen molar-refractivity contribution in [2.24, 2.45) is 0 Å². The summed E-state index contributed by atoms with van der Waals surface area (Å²) in [6.07, 6.45) is 1.32. The lowest BCUT2D eigenvalue weighted by Gasteiger charge is -2.06. The highest BCUT2D eigenvalue weighted by Crippen LogP contribution is 2.23. The van der Waals surface area contributed by atoms with Crippen LogP contribution in [-0.4, -0.2) is 5.91 Å². The van der Waals surface area contributed by atoms with Crippen LogP contribution >= 0.6 is 27.5 Å². The van der Waals surface area contributed by atoms with Crippen molar-refractivity contribution in [2.75, 3.05) is 5.32 Å². The fourth-order valence-electron chi connectivity index (χ4n) is 1.36. The number of halogens is 2. The van der Waals surface area contributed by atoms with E-state index in [0.29, 0.717) is 11.3 Å². The molecule has 0 saturated carbocycles. The Morgan fingerprint density at radius 1 is 1.44 bits per heavy atom. The van der Waals surface area contributed by atoms with Gasteiger partial charge >= 0.3 is 0 Å². The summed E-state index contributed by atoms with van der Waals surface area (Å²) in [5.41, 5.74) is 1.00. The van der Waals surface area contributed by atoms with Gasteiger partial charge in [0, 0.05) is 4.47 Å². The molecule has 0 bridgehead atoms. The number of amides is 1. The number of nitrogens with one attached hydrogen (secondary N) is 1. The van der Waals surface area contributed by atoms with Gasteiger partial charge in [-0.1, -0.05) is 15.9 Å². The van der Waals surface area contributed by atoms with Crippen molar-refractivity contribution in [3.63, 3.8) is 0 Å². The van der Waals surface area contributed by atoms with Gasteiger partial charge in [0.05, 0.1) is 23.1 Å². The third kappa shape index (κ3) is 2.55. The second-order valence-corrected chi connectivity index (χ2v) is 4.62. The highest BCUT2D eigenvalue weighted by molar-refractivity contribution is 9.10. The Hall–Kier alpha value is -1.77. The van der Waals surface area contributed by atoms with Crippen LogP contribution in [0.1, 0.15) is 15.9 Å². The van der Waals surface area contributed by atoms with E-state index in [9.17, 15) is 4.79 Å². The Kier molecular flexibility index (Phi) is 3.70. The Morgan fingerprint density at radius 2 is 2.22 bits per heavy atom. The largest absolute Gasteiger partial charge is 0.452 e. The average molecular weight is 326 g/mol. The van der Waals surface area contributed by atoms with E-state index in [4.69, 9.17) is 21.3 Å². The average Bonchev–Trinajstić information content (AvgIpc) is 2.77. The molecule has 0 aliphatic rings. The zero-order chi connectivity index (χ0) is 13.1. The smallest absolute Gasteiger partial charge is 0.260 e. The number of anilines is 1. The zero-order valence-corrected chi connectivity index (χ0v) is 11.2. The van der Waals surface area contributed by atoms with Gasteiger partial charge < -0.3 is 9.73 Å². The molecule has 0 unspecified atom stereocenters. The van der Waals surface area contributed by atoms with Gasteiger partial charge in [-0.3, -0.25) is 4.79 Å². The summed E-state index contributed by atoms with van der Waals surface area (Å²) >= 11 is 8.95. The molecule has 1 aromatic heterocycles. The Labute approximate surface area is 116 Å². The molecule has 1 amide bonds. The fraction of sp³-hybridized carbons (Fsp3) is 0. The van der Waals surface area contributed by atoms with Crippen molar-refractivity contribution >= 4 is 39.1 Å². The van der Waals surface area contributed by atoms with Crippen LogP contribution in [0.5, 0.6) is 0 Å². The predicted molar refractivity (Wildman–Crippen MR) is 70.5 cm³/mol. The lowest BCUT2D eigenvalue weighted by Crippen LogP contribution is -2.12. The molecule has 0 spiro atoms. The van der Waals surface area contributed by atoms with E-state index in [1.54, 1.807) is 18.2 Å². The van der Waals surface area contributed by atoms with E-state index in [1.165, 1.54) is 12.3 Å². The normalized spacial score (nSPS) is 9.83. The number of carbonyl (C=O) groups is 1. The molecular formula is C12H6BrClN2O2. The van der Waals surface area contributed by atoms with Crippen LogP contribution in [0.15, 0.2) is 39.4 Å². The minimum absolute atomic E-state index is 0.0168. The number of benzene rings is 1. The van der Waals surface area contributed by atoms with Crippen LogP contribution in [-0.2, 0) is 0 Å². The second kappa shape index (κ2) is 5.25. The predicted octanol–water partition coefficient (Wildman–Crippen LogP) is 3.82. The maximum absolute atomic E-state index is 11.9. The van der Waals surface area contributed by atoms with Crippen LogP contribution in [0.25, 0.3) is 0 Å². The minimum atomic E-state index is -0.424. The Balaban J connectivity index is 2.28. The van der Waals surface area contributed by atoms with Crippen molar-refractivity contribution in [1.29, 1.82) is 5.26 Å². The van der Waals surface area contributed by atoms with Crippen molar-refractivity contribution < 1.29 is 9.21 Å². The minimum Gasteiger partial charge on any atom is -0.452 e. The number of hydrogen-bond donors (Lipinski definition) is 1. The number of hydrogen-bond acceptors (Lipinski definition) is 3. The molecule has 0 aliphatic carbocycles. The number of nitrogens with zero attached hydrogens (tertiary/aromatic N) is 1. The second-order valence-electron chi connectivity index (χ2n) is 3.36. The van der Waals surface area contributed by atoms with Gasteiger partial charge in [0.1, 0.15) is 6.07 Å². The molecule has 6 heteroatoms. The van der Waals surface area contributed by atoms with Gasteiger partial charge in [-0.05, 0) is 35.9 Å². The summed E-state index contributed by atoms with van der Waals surface area (Å²) in [5.74, 6) is -0.424. The van der Waals surface area contributed by atoms with Crippen molar-refractivity contribution in [1.82, 2.24) is 0 Å². The molecule has 4 nitrogen and oxygen atoms in total. The fourth-order valence-corrected chi connectivity index (χ4v) is 1.92. The number of rotatable bonds is 2. The first-order valence-electron chi connectivity index (χ1n) is 4.86. The molecule has 2 aromatic rings. The van der Waals surface area contributed by atoms with Crippen LogP contribution < -0.4 is 5.32 Å². The lowest BCUT2D eigenvalue weighted by atomic mass is 10.2. The molecule has 0 fully saturated rings. The van der Waals surface area contributed by atoms with Gasteiger partial charge in [0.25, 0.3) is 5.91 Å². The molecule has 0 radical (unpaired) electrons. The standard InChI is InChI=1S/C12H6BrClN2O2/c13-8-1-2-10(7(5-8)6-15)16-12(17)9-3-4-18-11(9)14/h1-5H,(H,16,17). The molecule has 1 heterocycles. The molecule has 1 aromatic carbocycles. The molecule has 18 heavy (non-hydrogen) atoms. The summed E-state index contributed by atoms with van der Waals surface area (Å²) in [6.45, 7) is 0. The van der Waals surface area contributed by atoms with E-state index >= 15 is 0 Å². The summed E-state index contributed by atoms with van der Waals surface area (Å²) in [4.78, 5) is 11.9. The quantitative estimate of drug-likeness (QED) is 0.912. The molecule has 1 N–H and O–H groups in total. The zero-order valence-electron chi connectivity index (χ0n) is 8.91. The summed E-state index contributed by atoms with van der Waals surface area (Å²) in [7, 11) is 0. The van der Waals surface area contributed by atoms with E-state index in [0.717, 1.165) is 4.47 Å². The molecule has 0 saturated heterocycles. The van der Waals surface area contributed by atoms with Crippen LogP contribution in [0.2, 0.25) is 5.22 Å². The Morgan fingerprint density at radius 3 is 2.83 bits per heavy atom. The van der Waals surface area contributed by atoms with Gasteiger partial charge in [-0.25, -0.2) is 0 Å². The molecule has 2 rings (SSSR count). The first kappa shape index (κ1) is 12.7. The monoisotopic (exact) mass is 324 g/mol. The number of nitriles is 1. The topological polar surface area (TPSA) is 66.0 Å². The maximum Gasteiger partial charge on any atom is 0.260 e. The summed E-state index contributed by atoms with van der Waals surface area (Å²) in [6, 6.07) is 8.44. The summed E-state index contributed by atoms with van der Waals surface area (Å²) < 4.78 is 5.59. The van der Waals surface area contributed by atoms with Crippen LogP contribution in [0, 0.1) is 11.3 Å². The number of furan rings is 1. The Bertz CT molecular complexity index is 646. The third-order valence-corrected chi connectivity index (χ3v) is 3.00. The lowest BCUT2D eigenvalue weighted by molar-refractivity contribution is 0.102. The SMILES string of the molecule is N#Cc1cc(Br)ccc1NC(=O)c1ccoc1Cl. The van der Waals surface area contributed by atoms with E-state index in [-0.39, 0.29) is 10.8 Å². The van der Waals surface area contributed by atoms with Crippen molar-refractivity contribution in [3.05, 3.63) is 51.3 Å². The first-order chi connectivity index (χ1) is 8.61. The molecule has 0 atom stereocenters. The molecule has 0 aliphatic heterocycles. The van der Waals surface area contributed by atoms with Gasteiger partial charge in [-0.15, -0.1) is 0 Å². The van der Waals surface area contributed by atoms with Gasteiger partial charge in [-0.2, -0.15) is 5.26 Å². The van der Waals surface area contributed by atoms with E-state index in [2.05, 4.69) is 21.2 Å². The van der Waals surface area contributed by atoms with E-state index < -0.39 is 5.91 Å². The highest BCUT2D eigenvalue weighted by Gasteiger charge is 2.14. The summed E-state index contributed by atoms with van der Waals surface area (Å²) in [5, 5.41) is 11.6.